The molecule has 2 unspecified atom stereocenters. The number of halogens is 6. The minimum atomic E-state index is -3.09. The van der Waals surface area contributed by atoms with E-state index in [1.54, 1.807) is 0 Å². The molecule has 0 aliphatic heterocycles. The van der Waals surface area contributed by atoms with Crippen molar-refractivity contribution in [3.8, 4) is 11.8 Å². The first-order valence-corrected chi connectivity index (χ1v) is 7.74. The summed E-state index contributed by atoms with van der Waals surface area (Å²) in [6.45, 7) is 0.0714. The van der Waals surface area contributed by atoms with Crippen LogP contribution in [0.5, 0.6) is 0 Å². The molecule has 1 aromatic heterocycles. The van der Waals surface area contributed by atoms with Crippen molar-refractivity contribution in [2.45, 2.75) is 50.8 Å². The van der Waals surface area contributed by atoms with E-state index in [4.69, 9.17) is 0 Å². The maximum atomic E-state index is 12.7. The summed E-state index contributed by atoms with van der Waals surface area (Å²) in [5.41, 5.74) is -1.13. The Balaban J connectivity index is 3.17. The molecule has 1 aromatic rings. The number of hydrogen-bond donors (Lipinski definition) is 3. The van der Waals surface area contributed by atoms with E-state index in [9.17, 15) is 31.4 Å². The van der Waals surface area contributed by atoms with Gasteiger partial charge in [0.1, 0.15) is 25.4 Å². The molecule has 0 aromatic carbocycles. The van der Waals surface area contributed by atoms with Crippen LogP contribution < -0.4 is 10.6 Å². The summed E-state index contributed by atoms with van der Waals surface area (Å²) in [6, 6.07) is -3.88. The van der Waals surface area contributed by atoms with Crippen LogP contribution in [0, 0.1) is 11.8 Å². The molecule has 0 spiro atoms. The molecule has 0 amide bonds. The van der Waals surface area contributed by atoms with E-state index in [1.807, 2.05) is 10.6 Å². The first-order valence-electron chi connectivity index (χ1n) is 7.74. The molecule has 2 atom stereocenters. The van der Waals surface area contributed by atoms with Gasteiger partial charge in [0, 0.05) is 6.42 Å². The minimum absolute atomic E-state index is 0.00150. The number of rotatable bonds is 9. The topological polar surface area (TPSA) is 83.0 Å². The molecule has 3 N–H and O–H groups in total. The quantitative estimate of drug-likeness (QED) is 0.437. The molecule has 0 saturated carbocycles. The third kappa shape index (κ3) is 8.29. The van der Waals surface area contributed by atoms with Crippen LogP contribution in [0.25, 0.3) is 0 Å². The summed E-state index contributed by atoms with van der Waals surface area (Å²) in [5, 5.41) is 13.6. The number of aliphatic hydroxyl groups is 1. The summed E-state index contributed by atoms with van der Waals surface area (Å²) in [7, 11) is 0. The molecule has 0 fully saturated rings. The molecule has 12 heteroatoms. The van der Waals surface area contributed by atoms with E-state index in [1.165, 1.54) is 13.8 Å². The zero-order valence-corrected chi connectivity index (χ0v) is 14.5. The molecule has 0 radical (unpaired) electrons. The minimum Gasteiger partial charge on any atom is -0.389 e. The van der Waals surface area contributed by atoms with Gasteiger partial charge in [-0.2, -0.15) is 15.0 Å². The number of hydrogen-bond acceptors (Lipinski definition) is 6. The lowest BCUT2D eigenvalue weighted by molar-refractivity contribution is 0.0862. The highest BCUT2D eigenvalue weighted by atomic mass is 19.3. The van der Waals surface area contributed by atoms with Crippen LogP contribution in [0.3, 0.4) is 0 Å². The van der Waals surface area contributed by atoms with Crippen molar-refractivity contribution in [2.24, 2.45) is 0 Å². The van der Waals surface area contributed by atoms with Crippen molar-refractivity contribution in [3.05, 3.63) is 5.82 Å². The SMILES string of the molecule is CC(C)(O)CC#Cc1nc(NC(CF)C(F)F)nc(NC(CF)C(F)F)n1. The predicted octanol–water partition coefficient (Wildman–Crippen LogP) is 2.41. The van der Waals surface area contributed by atoms with Crippen LogP contribution >= 0.6 is 0 Å². The highest BCUT2D eigenvalue weighted by Crippen LogP contribution is 2.14. The van der Waals surface area contributed by atoms with Gasteiger partial charge in [0.25, 0.3) is 12.9 Å². The number of anilines is 2. The number of nitrogens with one attached hydrogen (secondary N) is 2. The molecular weight excluding hydrogens is 380 g/mol. The van der Waals surface area contributed by atoms with Gasteiger partial charge in [0.15, 0.2) is 0 Å². The lowest BCUT2D eigenvalue weighted by Gasteiger charge is -2.17. The van der Waals surface area contributed by atoms with Crippen LogP contribution in [0.2, 0.25) is 0 Å². The third-order valence-corrected chi connectivity index (χ3v) is 2.93. The standard InChI is InChI=1S/C15H19F6N5O/c1-15(2,27)5-3-4-10-24-13(22-8(6-16)11(18)19)26-14(25-10)23-9(7-17)12(20)21/h8-9,11-12,27H,5-7H2,1-2H3,(H2,22,23,24,25,26). The highest BCUT2D eigenvalue weighted by molar-refractivity contribution is 5.40. The van der Waals surface area contributed by atoms with Crippen LogP contribution in [-0.2, 0) is 0 Å². The predicted molar refractivity (Wildman–Crippen MR) is 86.4 cm³/mol. The first kappa shape index (κ1) is 22.8. The Bertz CT molecular complexity index is 622. The lowest BCUT2D eigenvalue weighted by atomic mass is 10.1. The zero-order valence-electron chi connectivity index (χ0n) is 14.5. The van der Waals surface area contributed by atoms with Crippen LogP contribution in [-0.4, -0.2) is 63.9 Å². The van der Waals surface area contributed by atoms with Crippen molar-refractivity contribution in [1.82, 2.24) is 15.0 Å². The van der Waals surface area contributed by atoms with Crippen molar-refractivity contribution in [2.75, 3.05) is 24.0 Å². The fraction of sp³-hybridized carbons (Fsp3) is 0.667. The van der Waals surface area contributed by atoms with Crippen LogP contribution in [0.15, 0.2) is 0 Å². The van der Waals surface area contributed by atoms with E-state index in [0.29, 0.717) is 0 Å². The number of aromatic nitrogens is 3. The van der Waals surface area contributed by atoms with Gasteiger partial charge in [-0.05, 0) is 19.8 Å². The zero-order chi connectivity index (χ0) is 20.6. The highest BCUT2D eigenvalue weighted by Gasteiger charge is 2.24. The summed E-state index contributed by atoms with van der Waals surface area (Å²) in [5.74, 6) is 3.52. The van der Waals surface area contributed by atoms with E-state index in [-0.39, 0.29) is 12.2 Å². The summed E-state index contributed by atoms with van der Waals surface area (Å²) in [6.07, 6.45) is -6.18. The van der Waals surface area contributed by atoms with Crippen molar-refractivity contribution < 1.29 is 31.4 Å². The maximum absolute atomic E-state index is 12.7. The molecule has 1 heterocycles. The molecule has 0 aliphatic rings. The largest absolute Gasteiger partial charge is 0.389 e. The smallest absolute Gasteiger partial charge is 0.261 e. The normalized spacial score (nSPS) is 13.9. The second kappa shape index (κ2) is 10.1. The van der Waals surface area contributed by atoms with Gasteiger partial charge in [0.2, 0.25) is 17.7 Å². The second-order valence-corrected chi connectivity index (χ2v) is 6.08. The monoisotopic (exact) mass is 399 g/mol. The van der Waals surface area contributed by atoms with Crippen molar-refractivity contribution >= 4 is 11.9 Å². The Morgan fingerprint density at radius 2 is 1.37 bits per heavy atom. The van der Waals surface area contributed by atoms with E-state index in [2.05, 4.69) is 26.8 Å². The molecule has 27 heavy (non-hydrogen) atoms. The fourth-order valence-electron chi connectivity index (χ4n) is 1.57. The Hall–Kier alpha value is -2.29. The van der Waals surface area contributed by atoms with Gasteiger partial charge >= 0.3 is 0 Å². The Morgan fingerprint density at radius 3 is 1.70 bits per heavy atom. The van der Waals surface area contributed by atoms with E-state index < -0.39 is 55.8 Å². The molecule has 0 saturated heterocycles. The maximum Gasteiger partial charge on any atom is 0.261 e. The molecule has 152 valence electrons. The van der Waals surface area contributed by atoms with E-state index in [0.717, 1.165) is 0 Å². The molecule has 0 aliphatic carbocycles. The van der Waals surface area contributed by atoms with Gasteiger partial charge in [-0.3, -0.25) is 0 Å². The van der Waals surface area contributed by atoms with Gasteiger partial charge in [0.05, 0.1) is 5.60 Å². The Labute approximate surface area is 151 Å². The van der Waals surface area contributed by atoms with Crippen molar-refractivity contribution in [3.63, 3.8) is 0 Å². The Morgan fingerprint density at radius 1 is 0.926 bits per heavy atom. The summed E-state index contributed by atoms with van der Waals surface area (Å²) in [4.78, 5) is 11.0. The van der Waals surface area contributed by atoms with Crippen molar-refractivity contribution in [1.29, 1.82) is 0 Å². The van der Waals surface area contributed by atoms with E-state index >= 15 is 0 Å². The average molecular weight is 399 g/mol. The van der Waals surface area contributed by atoms with Gasteiger partial charge in [-0.25, -0.2) is 26.3 Å². The molecule has 0 bridgehead atoms. The van der Waals surface area contributed by atoms with Gasteiger partial charge < -0.3 is 15.7 Å². The molecule has 6 nitrogen and oxygen atoms in total. The third-order valence-electron chi connectivity index (χ3n) is 2.93. The molecule has 1 rings (SSSR count). The van der Waals surface area contributed by atoms with Crippen LogP contribution in [0.4, 0.5) is 38.2 Å². The lowest BCUT2D eigenvalue weighted by Crippen LogP contribution is -2.33. The number of alkyl halides is 6. The number of nitrogens with zero attached hydrogens (tertiary/aromatic N) is 3. The molecular formula is C15H19F6N5O. The summed E-state index contributed by atoms with van der Waals surface area (Å²) >= 11 is 0. The van der Waals surface area contributed by atoms with Gasteiger partial charge in [-0.15, -0.1) is 0 Å². The van der Waals surface area contributed by atoms with Crippen LogP contribution in [0.1, 0.15) is 26.1 Å². The van der Waals surface area contributed by atoms with Gasteiger partial charge in [-0.1, -0.05) is 5.92 Å². The summed E-state index contributed by atoms with van der Waals surface area (Å²) < 4.78 is 76.1. The Kier molecular flexibility index (Phi) is 8.55. The first-order chi connectivity index (χ1) is 12.6. The second-order valence-electron chi connectivity index (χ2n) is 6.08. The average Bonchev–Trinajstić information content (AvgIpc) is 2.55. The fourth-order valence-corrected chi connectivity index (χ4v) is 1.57.